The van der Waals surface area contributed by atoms with E-state index in [-0.39, 0.29) is 24.4 Å². The molecule has 0 bridgehead atoms. The molecule has 0 atom stereocenters. The molecule has 0 unspecified atom stereocenters. The lowest BCUT2D eigenvalue weighted by Gasteiger charge is -2.16. The molecule has 2 heterocycles. The van der Waals surface area contributed by atoms with Crippen molar-refractivity contribution in [2.75, 3.05) is 0 Å². The van der Waals surface area contributed by atoms with Gasteiger partial charge in [-0.3, -0.25) is 4.79 Å². The van der Waals surface area contributed by atoms with Crippen molar-refractivity contribution in [1.82, 2.24) is 15.1 Å². The smallest absolute Gasteiger partial charge is 0.352 e. The minimum atomic E-state index is -4.52. The van der Waals surface area contributed by atoms with Crippen LogP contribution in [0.3, 0.4) is 0 Å². The second-order valence-corrected chi connectivity index (χ2v) is 7.57. The van der Waals surface area contributed by atoms with E-state index in [0.717, 1.165) is 22.3 Å². The highest BCUT2D eigenvalue weighted by Gasteiger charge is 2.34. The number of hydrogen-bond donors (Lipinski definition) is 1. The van der Waals surface area contributed by atoms with Gasteiger partial charge in [0, 0.05) is 23.5 Å². The van der Waals surface area contributed by atoms with Crippen LogP contribution in [-0.4, -0.2) is 15.7 Å². The van der Waals surface area contributed by atoms with Crippen LogP contribution in [0.1, 0.15) is 33.8 Å². The fourth-order valence-electron chi connectivity index (χ4n) is 2.98. The van der Waals surface area contributed by atoms with Crippen molar-refractivity contribution in [3.05, 3.63) is 69.2 Å². The number of benzene rings is 1. The Kier molecular flexibility index (Phi) is 5.88. The molecule has 0 spiro atoms. The molecule has 0 saturated heterocycles. The van der Waals surface area contributed by atoms with Gasteiger partial charge < -0.3 is 5.32 Å². The van der Waals surface area contributed by atoms with Crippen molar-refractivity contribution >= 4 is 17.2 Å². The third-order valence-electron chi connectivity index (χ3n) is 4.31. The van der Waals surface area contributed by atoms with E-state index in [1.54, 1.807) is 37.3 Å². The van der Waals surface area contributed by atoms with Crippen LogP contribution in [0.5, 0.6) is 0 Å². The summed E-state index contributed by atoms with van der Waals surface area (Å²) >= 11 is 1.55. The summed E-state index contributed by atoms with van der Waals surface area (Å²) in [4.78, 5) is 13.1. The Bertz CT molecular complexity index is 962. The van der Waals surface area contributed by atoms with Crippen LogP contribution in [0.4, 0.5) is 13.2 Å². The average Bonchev–Trinajstić information content (AvgIpc) is 3.26. The predicted octanol–water partition coefficient (Wildman–Crippen LogP) is 4.82. The summed E-state index contributed by atoms with van der Waals surface area (Å²) in [6.45, 7) is 3.40. The van der Waals surface area contributed by atoms with Crippen molar-refractivity contribution in [1.29, 1.82) is 0 Å². The van der Waals surface area contributed by atoms with Crippen LogP contribution >= 0.6 is 11.3 Å². The molecule has 148 valence electrons. The van der Waals surface area contributed by atoms with Gasteiger partial charge in [-0.1, -0.05) is 12.1 Å². The summed E-state index contributed by atoms with van der Waals surface area (Å²) in [5.41, 5.74) is 1.08. The van der Waals surface area contributed by atoms with Crippen LogP contribution in [0.15, 0.2) is 41.8 Å². The highest BCUT2D eigenvalue weighted by Crippen LogP contribution is 2.33. The van der Waals surface area contributed by atoms with Crippen molar-refractivity contribution in [3.8, 4) is 5.69 Å². The minimum absolute atomic E-state index is 0.0299. The lowest BCUT2D eigenvalue weighted by Crippen LogP contribution is -2.24. The standard InChI is InChI=1S/C20H20F3N3OS/c1-13-10-14(2)26(25-13)16-6-5-15(18(11-16)20(21,22)23)12-24-19(27)8-7-17-4-3-9-28-17/h3-6,9-11H,7-8,12H2,1-2H3,(H,24,27). The Morgan fingerprint density at radius 3 is 2.61 bits per heavy atom. The molecule has 1 N–H and O–H groups in total. The van der Waals surface area contributed by atoms with E-state index in [1.807, 2.05) is 17.5 Å². The number of nitrogens with one attached hydrogen (secondary N) is 1. The molecule has 0 aliphatic heterocycles. The Morgan fingerprint density at radius 2 is 2.00 bits per heavy atom. The molecule has 0 radical (unpaired) electrons. The predicted molar refractivity (Wildman–Crippen MR) is 103 cm³/mol. The van der Waals surface area contributed by atoms with Crippen LogP contribution in [0.25, 0.3) is 5.69 Å². The first-order valence-electron chi connectivity index (χ1n) is 8.77. The molecule has 8 heteroatoms. The van der Waals surface area contributed by atoms with Gasteiger partial charge in [0.05, 0.1) is 16.9 Å². The van der Waals surface area contributed by atoms with E-state index >= 15 is 0 Å². The number of amides is 1. The fraction of sp³-hybridized carbons (Fsp3) is 0.300. The Labute approximate surface area is 165 Å². The van der Waals surface area contributed by atoms with Crippen LogP contribution < -0.4 is 5.32 Å². The van der Waals surface area contributed by atoms with Gasteiger partial charge in [-0.15, -0.1) is 11.3 Å². The zero-order valence-electron chi connectivity index (χ0n) is 15.5. The van der Waals surface area contributed by atoms with E-state index in [1.165, 1.54) is 10.7 Å². The Hall–Kier alpha value is -2.61. The van der Waals surface area contributed by atoms with Crippen molar-refractivity contribution in [2.45, 2.75) is 39.4 Å². The number of thiophene rings is 1. The van der Waals surface area contributed by atoms with E-state index in [9.17, 15) is 18.0 Å². The zero-order chi connectivity index (χ0) is 20.3. The molecule has 2 aromatic heterocycles. The largest absolute Gasteiger partial charge is 0.416 e. The van der Waals surface area contributed by atoms with Gasteiger partial charge in [0.1, 0.15) is 0 Å². The number of carbonyl (C=O) groups excluding carboxylic acids is 1. The molecular weight excluding hydrogens is 387 g/mol. The maximum absolute atomic E-state index is 13.6. The van der Waals surface area contributed by atoms with Crippen LogP contribution in [-0.2, 0) is 23.9 Å². The van der Waals surface area contributed by atoms with Gasteiger partial charge in [-0.05, 0) is 55.5 Å². The monoisotopic (exact) mass is 407 g/mol. The number of hydrogen-bond acceptors (Lipinski definition) is 3. The van der Waals surface area contributed by atoms with Gasteiger partial charge in [-0.25, -0.2) is 4.68 Å². The molecule has 3 aromatic rings. The molecule has 0 aliphatic carbocycles. The Balaban J connectivity index is 1.75. The second-order valence-electron chi connectivity index (χ2n) is 6.53. The van der Waals surface area contributed by atoms with Crippen LogP contribution in [0.2, 0.25) is 0 Å². The SMILES string of the molecule is Cc1cc(C)n(-c2ccc(CNC(=O)CCc3cccs3)c(C(F)(F)F)c2)n1. The van der Waals surface area contributed by atoms with Gasteiger partial charge in [0.15, 0.2) is 0 Å². The fourth-order valence-corrected chi connectivity index (χ4v) is 3.69. The van der Waals surface area contributed by atoms with Crippen molar-refractivity contribution in [3.63, 3.8) is 0 Å². The molecule has 1 amide bonds. The number of carbonyl (C=O) groups is 1. The average molecular weight is 407 g/mol. The number of halogens is 3. The summed E-state index contributed by atoms with van der Waals surface area (Å²) in [6, 6.07) is 9.69. The molecule has 3 rings (SSSR count). The normalized spacial score (nSPS) is 11.6. The Morgan fingerprint density at radius 1 is 1.21 bits per heavy atom. The van der Waals surface area contributed by atoms with Crippen molar-refractivity contribution in [2.24, 2.45) is 0 Å². The first kappa shape index (κ1) is 20.1. The van der Waals surface area contributed by atoms with E-state index in [4.69, 9.17) is 0 Å². The number of aryl methyl sites for hydroxylation is 3. The number of nitrogens with zero attached hydrogens (tertiary/aromatic N) is 2. The van der Waals surface area contributed by atoms with E-state index in [0.29, 0.717) is 12.1 Å². The van der Waals surface area contributed by atoms with Crippen LogP contribution in [0, 0.1) is 13.8 Å². The summed E-state index contributed by atoms with van der Waals surface area (Å²) < 4.78 is 42.2. The summed E-state index contributed by atoms with van der Waals surface area (Å²) in [5, 5.41) is 8.75. The van der Waals surface area contributed by atoms with Gasteiger partial charge in [0.2, 0.25) is 5.91 Å². The van der Waals surface area contributed by atoms with E-state index in [2.05, 4.69) is 10.4 Å². The molecule has 1 aromatic carbocycles. The zero-order valence-corrected chi connectivity index (χ0v) is 16.3. The van der Waals surface area contributed by atoms with Gasteiger partial charge in [-0.2, -0.15) is 18.3 Å². The molecular formula is C20H20F3N3OS. The number of rotatable bonds is 6. The molecule has 0 saturated carbocycles. The third kappa shape index (κ3) is 4.81. The first-order chi connectivity index (χ1) is 13.2. The maximum atomic E-state index is 13.6. The third-order valence-corrected chi connectivity index (χ3v) is 5.24. The molecule has 28 heavy (non-hydrogen) atoms. The quantitative estimate of drug-likeness (QED) is 0.637. The van der Waals surface area contributed by atoms with E-state index < -0.39 is 11.7 Å². The highest BCUT2D eigenvalue weighted by atomic mass is 32.1. The number of aromatic nitrogens is 2. The summed E-state index contributed by atoms with van der Waals surface area (Å²) in [6.07, 6.45) is -3.71. The number of alkyl halides is 3. The first-order valence-corrected chi connectivity index (χ1v) is 9.65. The van der Waals surface area contributed by atoms with Gasteiger partial charge in [0.25, 0.3) is 0 Å². The molecule has 4 nitrogen and oxygen atoms in total. The highest BCUT2D eigenvalue weighted by molar-refractivity contribution is 7.09. The minimum Gasteiger partial charge on any atom is -0.352 e. The topological polar surface area (TPSA) is 46.9 Å². The van der Waals surface area contributed by atoms with Crippen molar-refractivity contribution < 1.29 is 18.0 Å². The summed E-state index contributed by atoms with van der Waals surface area (Å²) in [7, 11) is 0. The van der Waals surface area contributed by atoms with Gasteiger partial charge >= 0.3 is 6.18 Å². The second kappa shape index (κ2) is 8.18. The molecule has 0 aliphatic rings. The lowest BCUT2D eigenvalue weighted by atomic mass is 10.1. The molecule has 0 fully saturated rings. The summed E-state index contributed by atoms with van der Waals surface area (Å²) in [5.74, 6) is -0.274. The lowest BCUT2D eigenvalue weighted by molar-refractivity contribution is -0.138. The maximum Gasteiger partial charge on any atom is 0.416 e.